The second-order valence-electron chi connectivity index (χ2n) is 12.8. The van der Waals surface area contributed by atoms with E-state index in [4.69, 9.17) is 0 Å². The lowest BCUT2D eigenvalue weighted by Gasteiger charge is -2.58. The summed E-state index contributed by atoms with van der Waals surface area (Å²) in [6.45, 7) is 6.62. The van der Waals surface area contributed by atoms with Crippen LogP contribution in [0.2, 0.25) is 0 Å². The quantitative estimate of drug-likeness (QED) is 0.475. The summed E-state index contributed by atoms with van der Waals surface area (Å²) in [6.07, 6.45) is 11.3. The van der Waals surface area contributed by atoms with Gasteiger partial charge < -0.3 is 10.2 Å². The lowest BCUT2D eigenvalue weighted by Crippen LogP contribution is -2.50. The highest BCUT2D eigenvalue weighted by atomic mass is 32.2. The smallest absolute Gasteiger partial charge is 0.181 e. The van der Waals surface area contributed by atoms with Crippen molar-refractivity contribution in [3.05, 3.63) is 42.0 Å². The van der Waals surface area contributed by atoms with Crippen molar-refractivity contribution in [2.75, 3.05) is 0 Å². The third-order valence-electron chi connectivity index (χ3n) is 10.9. The summed E-state index contributed by atoms with van der Waals surface area (Å²) >= 11 is 0. The van der Waals surface area contributed by atoms with E-state index in [-0.39, 0.29) is 16.9 Å². The maximum absolute atomic E-state index is 13.6. The molecule has 2 N–H and O–H groups in total. The first kappa shape index (κ1) is 25.5. The van der Waals surface area contributed by atoms with E-state index >= 15 is 0 Å². The molecule has 3 saturated carbocycles. The molecule has 1 aromatic carbocycles. The highest BCUT2D eigenvalue weighted by Crippen LogP contribution is 2.67. The van der Waals surface area contributed by atoms with Crippen molar-refractivity contribution >= 4 is 9.84 Å². The van der Waals surface area contributed by atoms with Crippen LogP contribution in [0, 0.1) is 34.5 Å². The first-order valence-electron chi connectivity index (χ1n) is 13.9. The molecular formula is C30H44O4S. The van der Waals surface area contributed by atoms with Crippen molar-refractivity contribution in [2.45, 2.75) is 107 Å². The van der Waals surface area contributed by atoms with Gasteiger partial charge in [-0.05, 0) is 118 Å². The van der Waals surface area contributed by atoms with E-state index in [0.717, 1.165) is 32.1 Å². The number of allylic oxidation sites excluding steroid dienone is 1. The maximum atomic E-state index is 13.6. The number of fused-ring (bicyclic) bond motifs is 5. The summed E-state index contributed by atoms with van der Waals surface area (Å²) in [6, 6.07) is 8.82. The Morgan fingerprint density at radius 3 is 2.49 bits per heavy atom. The normalized spacial score (nSPS) is 40.7. The Bertz CT molecular complexity index is 1050. The molecule has 0 bridgehead atoms. The Balaban J connectivity index is 1.39. The van der Waals surface area contributed by atoms with E-state index in [1.54, 1.807) is 31.2 Å². The maximum Gasteiger partial charge on any atom is 0.181 e. The zero-order valence-electron chi connectivity index (χ0n) is 21.7. The summed E-state index contributed by atoms with van der Waals surface area (Å²) < 4.78 is 27.3. The third kappa shape index (κ3) is 4.34. The van der Waals surface area contributed by atoms with Crippen molar-refractivity contribution in [1.29, 1.82) is 0 Å². The predicted octanol–water partition coefficient (Wildman–Crippen LogP) is 5.93. The molecule has 4 aliphatic carbocycles. The van der Waals surface area contributed by atoms with Gasteiger partial charge in [0, 0.05) is 0 Å². The van der Waals surface area contributed by atoms with Crippen LogP contribution in [0.1, 0.15) is 85.0 Å². The molecular weight excluding hydrogens is 456 g/mol. The molecule has 4 nitrogen and oxygen atoms in total. The van der Waals surface area contributed by atoms with Crippen molar-refractivity contribution < 1.29 is 18.6 Å². The molecule has 4 aliphatic rings. The molecule has 9 atom stereocenters. The zero-order valence-corrected chi connectivity index (χ0v) is 22.5. The fraction of sp³-hybridized carbons (Fsp3) is 0.733. The molecule has 7 unspecified atom stereocenters. The van der Waals surface area contributed by atoms with Crippen LogP contribution >= 0.6 is 0 Å². The molecule has 0 aromatic heterocycles. The van der Waals surface area contributed by atoms with Gasteiger partial charge in [-0.1, -0.05) is 43.7 Å². The number of rotatable bonds is 6. The SMILES string of the molecule is C[C@@H](O)CC(C[C@H]1CCC2C3CC=C4CC(O)CCC4(C)C3CCC21C)S(=O)(=O)c1ccccc1. The second kappa shape index (κ2) is 9.29. The fourth-order valence-electron chi connectivity index (χ4n) is 8.99. The average Bonchev–Trinajstić information content (AvgIpc) is 3.15. The monoisotopic (exact) mass is 500 g/mol. The first-order valence-corrected chi connectivity index (χ1v) is 15.4. The van der Waals surface area contributed by atoms with Crippen LogP contribution in [0.3, 0.4) is 0 Å². The number of benzene rings is 1. The Labute approximate surface area is 212 Å². The minimum Gasteiger partial charge on any atom is -0.393 e. The Kier molecular flexibility index (Phi) is 6.76. The lowest BCUT2D eigenvalue weighted by molar-refractivity contribution is -0.0509. The van der Waals surface area contributed by atoms with Crippen LogP contribution in [0.5, 0.6) is 0 Å². The van der Waals surface area contributed by atoms with Gasteiger partial charge in [-0.3, -0.25) is 0 Å². The van der Waals surface area contributed by atoms with Gasteiger partial charge in [0.1, 0.15) is 0 Å². The van der Waals surface area contributed by atoms with Crippen molar-refractivity contribution in [3.63, 3.8) is 0 Å². The molecule has 5 rings (SSSR count). The van der Waals surface area contributed by atoms with Crippen molar-refractivity contribution in [1.82, 2.24) is 0 Å². The summed E-state index contributed by atoms with van der Waals surface area (Å²) in [5, 5.41) is 20.0. The number of aliphatic hydroxyl groups is 2. The number of hydrogen-bond acceptors (Lipinski definition) is 4. The summed E-state index contributed by atoms with van der Waals surface area (Å²) in [4.78, 5) is 0.381. The minimum atomic E-state index is -3.50. The molecule has 5 heteroatoms. The molecule has 0 heterocycles. The van der Waals surface area contributed by atoms with Crippen LogP contribution in [-0.2, 0) is 9.84 Å². The van der Waals surface area contributed by atoms with Gasteiger partial charge in [-0.15, -0.1) is 0 Å². The summed E-state index contributed by atoms with van der Waals surface area (Å²) in [5.41, 5.74) is 1.90. The average molecular weight is 501 g/mol. The highest BCUT2D eigenvalue weighted by Gasteiger charge is 2.58. The summed E-state index contributed by atoms with van der Waals surface area (Å²) in [5.74, 6) is 2.37. The van der Waals surface area contributed by atoms with Crippen LogP contribution in [0.15, 0.2) is 46.9 Å². The standard InChI is InChI=1S/C30H44O4S/c1-20(31)17-25(35(33,34)24-7-5-4-6-8-24)19-22-10-12-27-26-11-9-21-18-23(32)13-15-29(21,2)28(26)14-16-30(22,27)3/h4-9,20,22-23,25-28,31-32H,10-19H2,1-3H3/t20-,22-,23?,25?,26?,27?,28?,29?,30?/m1/s1. The van der Waals surface area contributed by atoms with E-state index < -0.39 is 21.2 Å². The number of sulfone groups is 1. The summed E-state index contributed by atoms with van der Waals surface area (Å²) in [7, 11) is -3.50. The van der Waals surface area contributed by atoms with Gasteiger partial charge in [0.05, 0.1) is 22.4 Å². The van der Waals surface area contributed by atoms with Crippen molar-refractivity contribution in [2.24, 2.45) is 34.5 Å². The molecule has 0 spiro atoms. The van der Waals surface area contributed by atoms with Gasteiger partial charge in [0.2, 0.25) is 0 Å². The highest BCUT2D eigenvalue weighted by molar-refractivity contribution is 7.92. The topological polar surface area (TPSA) is 74.6 Å². The van der Waals surface area contributed by atoms with Gasteiger partial charge in [0.15, 0.2) is 9.84 Å². The fourth-order valence-corrected chi connectivity index (χ4v) is 10.9. The van der Waals surface area contributed by atoms with E-state index in [1.807, 2.05) is 6.07 Å². The molecule has 0 aliphatic heterocycles. The van der Waals surface area contributed by atoms with Crippen LogP contribution in [-0.4, -0.2) is 36.1 Å². The third-order valence-corrected chi connectivity index (χ3v) is 13.1. The van der Waals surface area contributed by atoms with Gasteiger partial charge in [0.25, 0.3) is 0 Å². The Morgan fingerprint density at radius 2 is 1.77 bits per heavy atom. The molecule has 0 radical (unpaired) electrons. The Morgan fingerprint density at radius 1 is 1.03 bits per heavy atom. The zero-order chi connectivity index (χ0) is 25.0. The molecule has 194 valence electrons. The van der Waals surface area contributed by atoms with Crippen LogP contribution in [0.4, 0.5) is 0 Å². The Hall–Kier alpha value is -1.17. The molecule has 35 heavy (non-hydrogen) atoms. The van der Waals surface area contributed by atoms with Gasteiger partial charge >= 0.3 is 0 Å². The predicted molar refractivity (Wildman–Crippen MR) is 140 cm³/mol. The van der Waals surface area contributed by atoms with Crippen molar-refractivity contribution in [3.8, 4) is 0 Å². The molecule has 1 aromatic rings. The molecule has 0 amide bonds. The second-order valence-corrected chi connectivity index (χ2v) is 15.0. The first-order chi connectivity index (χ1) is 16.6. The van der Waals surface area contributed by atoms with E-state index in [2.05, 4.69) is 19.9 Å². The lowest BCUT2D eigenvalue weighted by atomic mass is 9.47. The van der Waals surface area contributed by atoms with E-state index in [0.29, 0.717) is 41.4 Å². The van der Waals surface area contributed by atoms with Gasteiger partial charge in [-0.25, -0.2) is 8.42 Å². The van der Waals surface area contributed by atoms with Gasteiger partial charge in [-0.2, -0.15) is 0 Å². The largest absolute Gasteiger partial charge is 0.393 e. The number of aliphatic hydroxyl groups excluding tert-OH is 2. The van der Waals surface area contributed by atoms with Crippen LogP contribution in [0.25, 0.3) is 0 Å². The van der Waals surface area contributed by atoms with E-state index in [9.17, 15) is 18.6 Å². The minimum absolute atomic E-state index is 0.167. The number of hydrogen-bond donors (Lipinski definition) is 2. The van der Waals surface area contributed by atoms with Crippen LogP contribution < -0.4 is 0 Å². The molecule has 0 saturated heterocycles. The molecule has 3 fully saturated rings. The van der Waals surface area contributed by atoms with E-state index in [1.165, 1.54) is 24.8 Å².